The Morgan fingerprint density at radius 3 is 2.39 bits per heavy atom. The van der Waals surface area contributed by atoms with Crippen molar-refractivity contribution in [3.63, 3.8) is 0 Å². The van der Waals surface area contributed by atoms with E-state index in [1.165, 1.54) is 5.69 Å². The molecule has 96 valence electrons. The molecule has 0 aliphatic heterocycles. The molecular formula is C15H21N3. The fourth-order valence-corrected chi connectivity index (χ4v) is 1.91. The molecule has 1 aromatic rings. The lowest BCUT2D eigenvalue weighted by atomic mass is 10.1. The third-order valence-corrected chi connectivity index (χ3v) is 2.95. The second kappa shape index (κ2) is 7.52. The molecule has 0 amide bonds. The lowest BCUT2D eigenvalue weighted by Crippen LogP contribution is -2.22. The lowest BCUT2D eigenvalue weighted by Gasteiger charge is -2.21. The van der Waals surface area contributed by atoms with E-state index in [4.69, 9.17) is 5.26 Å². The Balaban J connectivity index is 2.80. The molecule has 0 fully saturated rings. The summed E-state index contributed by atoms with van der Waals surface area (Å²) in [7, 11) is 0. The predicted molar refractivity (Wildman–Crippen MR) is 76.6 cm³/mol. The molecule has 1 atom stereocenters. The van der Waals surface area contributed by atoms with Gasteiger partial charge < -0.3 is 4.90 Å². The van der Waals surface area contributed by atoms with Crippen LogP contribution in [0.25, 0.3) is 0 Å². The van der Waals surface area contributed by atoms with Gasteiger partial charge in [0.2, 0.25) is 0 Å². The van der Waals surface area contributed by atoms with Crippen LogP contribution in [0.2, 0.25) is 0 Å². The van der Waals surface area contributed by atoms with E-state index in [2.05, 4.69) is 48.8 Å². The highest BCUT2D eigenvalue weighted by atomic mass is 15.1. The van der Waals surface area contributed by atoms with Gasteiger partial charge in [-0.15, -0.1) is 6.58 Å². The molecule has 3 heteroatoms. The molecule has 0 aromatic heterocycles. The molecule has 0 radical (unpaired) electrons. The quantitative estimate of drug-likeness (QED) is 0.748. The third kappa shape index (κ3) is 3.61. The summed E-state index contributed by atoms with van der Waals surface area (Å²) in [5.74, 6) is 0. The van der Waals surface area contributed by atoms with Crippen molar-refractivity contribution >= 4 is 5.69 Å². The summed E-state index contributed by atoms with van der Waals surface area (Å²) in [4.78, 5) is 2.28. The number of hydrogen-bond donors (Lipinski definition) is 1. The minimum absolute atomic E-state index is 0.270. The summed E-state index contributed by atoms with van der Waals surface area (Å²) < 4.78 is 0. The van der Waals surface area contributed by atoms with Crippen LogP contribution in [0.5, 0.6) is 0 Å². The molecule has 18 heavy (non-hydrogen) atoms. The molecular weight excluding hydrogens is 222 g/mol. The van der Waals surface area contributed by atoms with Crippen LogP contribution in [-0.2, 0) is 0 Å². The lowest BCUT2D eigenvalue weighted by molar-refractivity contribution is 0.683. The molecule has 1 aromatic carbocycles. The van der Waals surface area contributed by atoms with Gasteiger partial charge >= 0.3 is 0 Å². The maximum absolute atomic E-state index is 9.12. The van der Waals surface area contributed by atoms with Crippen molar-refractivity contribution < 1.29 is 0 Å². The van der Waals surface area contributed by atoms with Crippen LogP contribution < -0.4 is 10.2 Å². The maximum atomic E-state index is 9.12. The third-order valence-electron chi connectivity index (χ3n) is 2.95. The van der Waals surface area contributed by atoms with Crippen LogP contribution in [0.15, 0.2) is 36.9 Å². The normalized spacial score (nSPS) is 11.6. The molecule has 0 aliphatic carbocycles. The zero-order valence-corrected chi connectivity index (χ0v) is 11.2. The van der Waals surface area contributed by atoms with Crippen molar-refractivity contribution in [2.24, 2.45) is 0 Å². The summed E-state index contributed by atoms with van der Waals surface area (Å²) in [6.07, 6.45) is 1.76. The number of nitrogens with one attached hydrogen (secondary N) is 1. The van der Waals surface area contributed by atoms with Crippen LogP contribution in [-0.4, -0.2) is 19.6 Å². The number of rotatable bonds is 7. The second-order valence-electron chi connectivity index (χ2n) is 4.02. The van der Waals surface area contributed by atoms with E-state index in [9.17, 15) is 0 Å². The Kier molecular flexibility index (Phi) is 5.96. The first kappa shape index (κ1) is 14.3. The first-order chi connectivity index (χ1) is 8.76. The van der Waals surface area contributed by atoms with Crippen molar-refractivity contribution in [3.8, 4) is 6.07 Å². The van der Waals surface area contributed by atoms with Gasteiger partial charge in [0, 0.05) is 25.3 Å². The van der Waals surface area contributed by atoms with Crippen molar-refractivity contribution in [2.45, 2.75) is 19.9 Å². The molecule has 3 nitrogen and oxygen atoms in total. The van der Waals surface area contributed by atoms with Gasteiger partial charge in [-0.2, -0.15) is 5.26 Å². The van der Waals surface area contributed by atoms with Gasteiger partial charge in [-0.25, -0.2) is 0 Å². The minimum atomic E-state index is -0.270. The van der Waals surface area contributed by atoms with Crippen LogP contribution in [0.3, 0.4) is 0 Å². The van der Waals surface area contributed by atoms with Crippen molar-refractivity contribution in [3.05, 3.63) is 42.5 Å². The molecule has 0 bridgehead atoms. The average Bonchev–Trinajstić information content (AvgIpc) is 2.42. The smallest absolute Gasteiger partial charge is 0.121 e. The fourth-order valence-electron chi connectivity index (χ4n) is 1.91. The van der Waals surface area contributed by atoms with Crippen molar-refractivity contribution in [1.82, 2.24) is 5.32 Å². The largest absolute Gasteiger partial charge is 0.372 e. The van der Waals surface area contributed by atoms with Gasteiger partial charge in [0.1, 0.15) is 6.04 Å². The molecule has 0 saturated heterocycles. The summed E-state index contributed by atoms with van der Waals surface area (Å²) in [5.41, 5.74) is 2.19. The van der Waals surface area contributed by atoms with Gasteiger partial charge in [-0.05, 0) is 31.5 Å². The minimum Gasteiger partial charge on any atom is -0.372 e. The molecule has 0 spiro atoms. The number of nitrogens with zero attached hydrogens (tertiary/aromatic N) is 2. The van der Waals surface area contributed by atoms with Crippen LogP contribution in [0.4, 0.5) is 5.69 Å². The van der Waals surface area contributed by atoms with Crippen LogP contribution in [0, 0.1) is 11.3 Å². The molecule has 1 N–H and O–H groups in total. The van der Waals surface area contributed by atoms with E-state index in [1.807, 2.05) is 12.1 Å². The summed E-state index contributed by atoms with van der Waals surface area (Å²) in [6.45, 7) is 10.5. The highest BCUT2D eigenvalue weighted by molar-refractivity contribution is 5.48. The zero-order valence-electron chi connectivity index (χ0n) is 11.2. The predicted octanol–water partition coefficient (Wildman–Crippen LogP) is 2.87. The van der Waals surface area contributed by atoms with E-state index >= 15 is 0 Å². The standard InChI is InChI=1S/C15H21N3/c1-4-11-17-15(12-16)13-7-9-14(10-8-13)18(5-2)6-3/h4,7-10,15,17H,1,5-6,11H2,2-3H3. The number of anilines is 1. The van der Waals surface area contributed by atoms with E-state index < -0.39 is 0 Å². The van der Waals surface area contributed by atoms with Crippen molar-refractivity contribution in [2.75, 3.05) is 24.5 Å². The van der Waals surface area contributed by atoms with Gasteiger partial charge in [0.15, 0.2) is 0 Å². The van der Waals surface area contributed by atoms with Crippen LogP contribution in [0.1, 0.15) is 25.5 Å². The molecule has 0 heterocycles. The summed E-state index contributed by atoms with van der Waals surface area (Å²) in [6, 6.07) is 10.2. The van der Waals surface area contributed by atoms with Gasteiger partial charge in [0.25, 0.3) is 0 Å². The SMILES string of the molecule is C=CCNC(C#N)c1ccc(N(CC)CC)cc1. The maximum Gasteiger partial charge on any atom is 0.121 e. The van der Waals surface area contributed by atoms with E-state index in [1.54, 1.807) is 6.08 Å². The average molecular weight is 243 g/mol. The molecule has 0 saturated carbocycles. The monoisotopic (exact) mass is 243 g/mol. The Bertz CT molecular complexity index is 399. The number of hydrogen-bond acceptors (Lipinski definition) is 3. The van der Waals surface area contributed by atoms with E-state index in [0.29, 0.717) is 6.54 Å². The summed E-state index contributed by atoms with van der Waals surface area (Å²) in [5, 5.41) is 12.2. The van der Waals surface area contributed by atoms with Crippen LogP contribution >= 0.6 is 0 Å². The highest BCUT2D eigenvalue weighted by Gasteiger charge is 2.09. The Labute approximate surface area is 110 Å². The fraction of sp³-hybridized carbons (Fsp3) is 0.400. The first-order valence-electron chi connectivity index (χ1n) is 6.35. The second-order valence-corrected chi connectivity index (χ2v) is 4.02. The Morgan fingerprint density at radius 1 is 1.33 bits per heavy atom. The van der Waals surface area contributed by atoms with Gasteiger partial charge in [0.05, 0.1) is 6.07 Å². The van der Waals surface area contributed by atoms with Gasteiger partial charge in [-0.1, -0.05) is 18.2 Å². The Hall–Kier alpha value is -1.79. The van der Waals surface area contributed by atoms with E-state index in [-0.39, 0.29) is 6.04 Å². The topological polar surface area (TPSA) is 39.1 Å². The number of benzene rings is 1. The Morgan fingerprint density at radius 2 is 1.94 bits per heavy atom. The number of nitriles is 1. The zero-order chi connectivity index (χ0) is 13.4. The molecule has 1 rings (SSSR count). The molecule has 1 unspecified atom stereocenters. The van der Waals surface area contributed by atoms with E-state index in [0.717, 1.165) is 18.7 Å². The first-order valence-corrected chi connectivity index (χ1v) is 6.35. The van der Waals surface area contributed by atoms with Gasteiger partial charge in [-0.3, -0.25) is 5.32 Å². The summed E-state index contributed by atoms with van der Waals surface area (Å²) >= 11 is 0. The van der Waals surface area contributed by atoms with Crippen molar-refractivity contribution in [1.29, 1.82) is 5.26 Å². The highest BCUT2D eigenvalue weighted by Crippen LogP contribution is 2.18. The molecule has 0 aliphatic rings.